The molecule has 98 valence electrons. The van der Waals surface area contributed by atoms with E-state index in [1.807, 2.05) is 0 Å². The van der Waals surface area contributed by atoms with E-state index >= 15 is 0 Å². The number of carbonyl (C=O) groups is 3. The highest BCUT2D eigenvalue weighted by Gasteiger charge is 2.36. The molecule has 6 heteroatoms. The monoisotopic (exact) mass is 259 g/mol. The normalized spacial score (nSPS) is 23.1. The molecular formula is C13H13N3O3. The number of carbonyl (C=O) groups excluding carboxylic acids is 3. The second kappa shape index (κ2) is 4.46. The highest BCUT2D eigenvalue weighted by molar-refractivity contribution is 6.04. The van der Waals surface area contributed by atoms with Crippen LogP contribution < -0.4 is 5.32 Å². The second-order valence-corrected chi connectivity index (χ2v) is 4.75. The van der Waals surface area contributed by atoms with E-state index in [1.165, 1.54) is 0 Å². The van der Waals surface area contributed by atoms with E-state index in [0.717, 1.165) is 5.56 Å². The summed E-state index contributed by atoms with van der Waals surface area (Å²) in [5.41, 5.74) is 1.52. The number of pyridine rings is 1. The Bertz CT molecular complexity index is 570. The predicted molar refractivity (Wildman–Crippen MR) is 65.1 cm³/mol. The lowest BCUT2D eigenvalue weighted by atomic mass is 9.97. The molecule has 0 saturated carbocycles. The summed E-state index contributed by atoms with van der Waals surface area (Å²) in [6.45, 7) is 0.490. The number of piperidine rings is 1. The fourth-order valence-corrected chi connectivity index (χ4v) is 2.61. The molecule has 0 aromatic carbocycles. The summed E-state index contributed by atoms with van der Waals surface area (Å²) in [4.78, 5) is 40.9. The van der Waals surface area contributed by atoms with Crippen LogP contribution in [0.4, 0.5) is 0 Å². The van der Waals surface area contributed by atoms with E-state index < -0.39 is 6.04 Å². The topological polar surface area (TPSA) is 79.4 Å². The Morgan fingerprint density at radius 2 is 2.11 bits per heavy atom. The summed E-state index contributed by atoms with van der Waals surface area (Å²) in [5.74, 6) is -0.796. The molecule has 1 unspecified atom stereocenters. The third kappa shape index (κ3) is 1.99. The number of imide groups is 1. The Hall–Kier alpha value is -2.24. The quantitative estimate of drug-likeness (QED) is 0.713. The Labute approximate surface area is 109 Å². The number of amides is 3. The summed E-state index contributed by atoms with van der Waals surface area (Å²) in [6.07, 6.45) is 4.63. The van der Waals surface area contributed by atoms with Gasteiger partial charge >= 0.3 is 0 Å². The number of nitrogens with zero attached hydrogens (tertiary/aromatic N) is 2. The Morgan fingerprint density at radius 1 is 1.26 bits per heavy atom. The SMILES string of the molecule is O=C1CCC(N2CCc3cnccc3C2=O)C(=O)N1. The lowest BCUT2D eigenvalue weighted by molar-refractivity contribution is -0.136. The summed E-state index contributed by atoms with van der Waals surface area (Å²) >= 11 is 0. The van der Waals surface area contributed by atoms with Crippen molar-refractivity contribution >= 4 is 17.7 Å². The van der Waals surface area contributed by atoms with Crippen molar-refractivity contribution < 1.29 is 14.4 Å². The van der Waals surface area contributed by atoms with Gasteiger partial charge in [0, 0.05) is 30.9 Å². The number of fused-ring (bicyclic) bond motifs is 1. The lowest BCUT2D eigenvalue weighted by Gasteiger charge is -2.35. The van der Waals surface area contributed by atoms with E-state index in [4.69, 9.17) is 0 Å². The lowest BCUT2D eigenvalue weighted by Crippen LogP contribution is -2.55. The molecule has 0 aliphatic carbocycles. The molecular weight excluding hydrogens is 246 g/mol. The van der Waals surface area contributed by atoms with Crippen molar-refractivity contribution in [3.63, 3.8) is 0 Å². The van der Waals surface area contributed by atoms with Crippen LogP contribution in [0.25, 0.3) is 0 Å². The van der Waals surface area contributed by atoms with Gasteiger partial charge in [-0.15, -0.1) is 0 Å². The standard InChI is InChI=1S/C13H13N3O3/c17-11-2-1-10(12(18)15-11)16-6-4-8-7-14-5-3-9(8)13(16)19/h3,5,7,10H,1-2,4,6H2,(H,15,17,18). The van der Waals surface area contributed by atoms with Gasteiger partial charge < -0.3 is 4.90 Å². The van der Waals surface area contributed by atoms with Gasteiger partial charge in [-0.25, -0.2) is 0 Å². The number of rotatable bonds is 1. The first kappa shape index (κ1) is 11.8. The number of hydrogen-bond acceptors (Lipinski definition) is 4. The molecule has 3 rings (SSSR count). The van der Waals surface area contributed by atoms with Crippen molar-refractivity contribution in [2.45, 2.75) is 25.3 Å². The van der Waals surface area contributed by atoms with Crippen LogP contribution in [0.1, 0.15) is 28.8 Å². The van der Waals surface area contributed by atoms with Crippen LogP contribution in [-0.4, -0.2) is 40.2 Å². The smallest absolute Gasteiger partial charge is 0.254 e. The molecule has 0 bridgehead atoms. The first-order valence-corrected chi connectivity index (χ1v) is 6.24. The van der Waals surface area contributed by atoms with Gasteiger partial charge in [0.05, 0.1) is 0 Å². The van der Waals surface area contributed by atoms with E-state index in [-0.39, 0.29) is 24.1 Å². The van der Waals surface area contributed by atoms with Gasteiger partial charge in [0.15, 0.2) is 0 Å². The van der Waals surface area contributed by atoms with Crippen LogP contribution in [0, 0.1) is 0 Å². The molecule has 1 atom stereocenters. The minimum absolute atomic E-state index is 0.154. The van der Waals surface area contributed by atoms with Gasteiger partial charge in [0.1, 0.15) is 6.04 Å². The molecule has 1 aromatic rings. The van der Waals surface area contributed by atoms with Gasteiger partial charge in [0.2, 0.25) is 11.8 Å². The van der Waals surface area contributed by atoms with Crippen LogP contribution in [0.15, 0.2) is 18.5 Å². The van der Waals surface area contributed by atoms with Crippen LogP contribution in [0.3, 0.4) is 0 Å². The molecule has 0 radical (unpaired) electrons. The van der Waals surface area contributed by atoms with Gasteiger partial charge in [0.25, 0.3) is 5.91 Å². The van der Waals surface area contributed by atoms with E-state index in [9.17, 15) is 14.4 Å². The minimum Gasteiger partial charge on any atom is -0.326 e. The van der Waals surface area contributed by atoms with Crippen LogP contribution >= 0.6 is 0 Å². The highest BCUT2D eigenvalue weighted by atomic mass is 16.2. The molecule has 6 nitrogen and oxygen atoms in total. The Balaban J connectivity index is 1.86. The number of nitrogens with one attached hydrogen (secondary N) is 1. The molecule has 1 saturated heterocycles. The number of hydrogen-bond donors (Lipinski definition) is 1. The van der Waals surface area contributed by atoms with Crippen molar-refractivity contribution in [3.8, 4) is 0 Å². The fourth-order valence-electron chi connectivity index (χ4n) is 2.61. The van der Waals surface area contributed by atoms with Crippen molar-refractivity contribution in [1.82, 2.24) is 15.2 Å². The molecule has 19 heavy (non-hydrogen) atoms. The van der Waals surface area contributed by atoms with Gasteiger partial charge in [-0.1, -0.05) is 0 Å². The second-order valence-electron chi connectivity index (χ2n) is 4.75. The Kier molecular flexibility index (Phi) is 2.77. The number of aromatic nitrogens is 1. The van der Waals surface area contributed by atoms with E-state index in [0.29, 0.717) is 24.9 Å². The maximum Gasteiger partial charge on any atom is 0.254 e. The zero-order chi connectivity index (χ0) is 13.4. The predicted octanol–water partition coefficient (Wildman–Crippen LogP) is -0.115. The van der Waals surface area contributed by atoms with Gasteiger partial charge in [-0.05, 0) is 24.5 Å². The summed E-state index contributed by atoms with van der Waals surface area (Å²) in [5, 5.41) is 2.29. The summed E-state index contributed by atoms with van der Waals surface area (Å²) in [6, 6.07) is 1.14. The average Bonchev–Trinajstić information content (AvgIpc) is 2.41. The van der Waals surface area contributed by atoms with Crippen LogP contribution in [-0.2, 0) is 16.0 Å². The third-order valence-corrected chi connectivity index (χ3v) is 3.60. The van der Waals surface area contributed by atoms with E-state index in [2.05, 4.69) is 10.3 Å². The van der Waals surface area contributed by atoms with Crippen LogP contribution in [0.5, 0.6) is 0 Å². The zero-order valence-corrected chi connectivity index (χ0v) is 10.3. The third-order valence-electron chi connectivity index (χ3n) is 3.60. The molecule has 2 aliphatic rings. The summed E-state index contributed by atoms with van der Waals surface area (Å²) in [7, 11) is 0. The fraction of sp³-hybridized carbons (Fsp3) is 0.385. The molecule has 1 fully saturated rings. The van der Waals surface area contributed by atoms with Crippen molar-refractivity contribution in [3.05, 3.63) is 29.6 Å². The maximum atomic E-state index is 12.4. The molecule has 1 N–H and O–H groups in total. The van der Waals surface area contributed by atoms with Crippen molar-refractivity contribution in [2.24, 2.45) is 0 Å². The van der Waals surface area contributed by atoms with Gasteiger partial charge in [-0.2, -0.15) is 0 Å². The molecule has 1 aromatic heterocycles. The average molecular weight is 259 g/mol. The first-order valence-electron chi connectivity index (χ1n) is 6.24. The highest BCUT2D eigenvalue weighted by Crippen LogP contribution is 2.22. The van der Waals surface area contributed by atoms with Crippen molar-refractivity contribution in [1.29, 1.82) is 0 Å². The molecule has 2 aliphatic heterocycles. The minimum atomic E-state index is -0.536. The van der Waals surface area contributed by atoms with Gasteiger partial charge in [-0.3, -0.25) is 24.7 Å². The molecule has 3 heterocycles. The van der Waals surface area contributed by atoms with Crippen molar-refractivity contribution in [2.75, 3.05) is 6.54 Å². The maximum absolute atomic E-state index is 12.4. The molecule has 3 amide bonds. The largest absolute Gasteiger partial charge is 0.326 e. The van der Waals surface area contributed by atoms with E-state index in [1.54, 1.807) is 23.4 Å². The summed E-state index contributed by atoms with van der Waals surface area (Å²) < 4.78 is 0. The molecule has 0 spiro atoms. The first-order chi connectivity index (χ1) is 9.16. The Morgan fingerprint density at radius 3 is 2.89 bits per heavy atom. The zero-order valence-electron chi connectivity index (χ0n) is 10.3. The van der Waals surface area contributed by atoms with Crippen LogP contribution in [0.2, 0.25) is 0 Å².